The van der Waals surface area contributed by atoms with Crippen molar-refractivity contribution >= 4 is 17.5 Å². The molecule has 1 N–H and O–H groups in total. The van der Waals surface area contributed by atoms with Crippen molar-refractivity contribution < 1.29 is 22.8 Å². The zero-order chi connectivity index (χ0) is 24.0. The zero-order valence-electron chi connectivity index (χ0n) is 18.9. The Morgan fingerprint density at radius 1 is 1.18 bits per heavy atom. The van der Waals surface area contributed by atoms with Crippen LogP contribution in [0.1, 0.15) is 43.7 Å². The van der Waals surface area contributed by atoms with E-state index in [4.69, 9.17) is 5.26 Å². The van der Waals surface area contributed by atoms with Crippen molar-refractivity contribution in [3.8, 4) is 6.07 Å². The number of benzene rings is 1. The number of piperidine rings is 1. The predicted octanol–water partition coefficient (Wildman–Crippen LogP) is 3.41. The summed E-state index contributed by atoms with van der Waals surface area (Å²) in [5.41, 5.74) is -1.20. The molecular weight excluding hydrogens is 433 g/mol. The Hall–Kier alpha value is -2.76. The molecule has 2 heterocycles. The molecule has 3 fully saturated rings. The number of nitrogens with zero attached hydrogens (tertiary/aromatic N) is 3. The van der Waals surface area contributed by atoms with E-state index in [1.54, 1.807) is 13.1 Å². The number of nitriles is 1. The number of likely N-dealkylation sites (tertiary alicyclic amines) is 1. The minimum atomic E-state index is -4.63. The van der Waals surface area contributed by atoms with Crippen molar-refractivity contribution in [2.75, 3.05) is 38.1 Å². The van der Waals surface area contributed by atoms with E-state index in [9.17, 15) is 22.8 Å². The maximum atomic E-state index is 13.5. The molecule has 6 nitrogen and oxygen atoms in total. The maximum Gasteiger partial charge on any atom is 0.417 e. The first-order chi connectivity index (χ1) is 15.6. The molecule has 9 heteroatoms. The monoisotopic (exact) mass is 462 g/mol. The number of hydrogen-bond donors (Lipinski definition) is 1. The third-order valence-corrected chi connectivity index (χ3v) is 7.69. The highest BCUT2D eigenvalue weighted by Gasteiger charge is 2.49. The van der Waals surface area contributed by atoms with Crippen molar-refractivity contribution in [2.45, 2.75) is 38.8 Å². The largest absolute Gasteiger partial charge is 0.417 e. The van der Waals surface area contributed by atoms with Crippen LogP contribution < -0.4 is 10.2 Å². The van der Waals surface area contributed by atoms with Gasteiger partial charge in [-0.2, -0.15) is 18.4 Å². The van der Waals surface area contributed by atoms with E-state index >= 15 is 0 Å². The van der Waals surface area contributed by atoms with E-state index in [0.717, 1.165) is 31.7 Å². The smallest absolute Gasteiger partial charge is 0.370 e. The van der Waals surface area contributed by atoms with Crippen LogP contribution in [0.25, 0.3) is 0 Å². The molecule has 2 aliphatic heterocycles. The minimum absolute atomic E-state index is 0.0105. The van der Waals surface area contributed by atoms with Gasteiger partial charge in [-0.1, -0.05) is 6.92 Å². The van der Waals surface area contributed by atoms with Gasteiger partial charge in [-0.15, -0.1) is 0 Å². The lowest BCUT2D eigenvalue weighted by atomic mass is 9.78. The van der Waals surface area contributed by atoms with Crippen molar-refractivity contribution in [1.29, 1.82) is 5.26 Å². The molecule has 0 bridgehead atoms. The first-order valence-corrected chi connectivity index (χ1v) is 11.4. The van der Waals surface area contributed by atoms with Crippen molar-refractivity contribution in [1.82, 2.24) is 10.2 Å². The molecule has 1 saturated carbocycles. The number of hydrogen-bond acceptors (Lipinski definition) is 4. The Labute approximate surface area is 191 Å². The average Bonchev–Trinajstić information content (AvgIpc) is 3.40. The molecule has 178 valence electrons. The highest BCUT2D eigenvalue weighted by Crippen LogP contribution is 2.47. The van der Waals surface area contributed by atoms with Crippen LogP contribution in [0.15, 0.2) is 18.2 Å². The van der Waals surface area contributed by atoms with Gasteiger partial charge in [0, 0.05) is 44.3 Å². The summed E-state index contributed by atoms with van der Waals surface area (Å²) in [5.74, 6) is -0.0315. The number of anilines is 1. The lowest BCUT2D eigenvalue weighted by molar-refractivity contribution is -0.138. The molecular formula is C24H29F3N4O2. The Balaban J connectivity index is 1.51. The molecule has 0 unspecified atom stereocenters. The zero-order valence-corrected chi connectivity index (χ0v) is 18.9. The SMILES string of the molecule is CNC(=O)[C@@H]1CN(c2ccc(C#N)c(C(F)(F)F)c2)C[C@H]1C1CCN(C(=O)C2(C)CC2)CC1. The Morgan fingerprint density at radius 3 is 2.39 bits per heavy atom. The van der Waals surface area contributed by atoms with E-state index < -0.39 is 17.3 Å². The number of rotatable bonds is 4. The van der Waals surface area contributed by atoms with Crippen LogP contribution in [0.5, 0.6) is 0 Å². The number of carbonyl (C=O) groups is 2. The second-order valence-electron chi connectivity index (χ2n) is 9.82. The molecule has 2 amide bonds. The molecule has 0 aromatic heterocycles. The van der Waals surface area contributed by atoms with Crippen LogP contribution in [-0.4, -0.2) is 49.9 Å². The third-order valence-electron chi connectivity index (χ3n) is 7.69. The van der Waals surface area contributed by atoms with Crippen LogP contribution in [0.4, 0.5) is 18.9 Å². The summed E-state index contributed by atoms with van der Waals surface area (Å²) in [4.78, 5) is 29.1. The summed E-state index contributed by atoms with van der Waals surface area (Å²) >= 11 is 0. The number of nitrogens with one attached hydrogen (secondary N) is 1. The summed E-state index contributed by atoms with van der Waals surface area (Å²) in [5, 5.41) is 11.8. The summed E-state index contributed by atoms with van der Waals surface area (Å²) in [6.07, 6.45) is -1.18. The second kappa shape index (κ2) is 8.54. The van der Waals surface area contributed by atoms with Gasteiger partial charge in [0.1, 0.15) is 0 Å². The van der Waals surface area contributed by atoms with Crippen LogP contribution in [0, 0.1) is 34.5 Å². The molecule has 0 spiro atoms. The van der Waals surface area contributed by atoms with Gasteiger partial charge in [-0.3, -0.25) is 9.59 Å². The molecule has 2 saturated heterocycles. The molecule has 0 radical (unpaired) electrons. The number of alkyl halides is 3. The molecule has 4 rings (SSSR count). The first-order valence-electron chi connectivity index (χ1n) is 11.4. The van der Waals surface area contributed by atoms with Gasteiger partial charge in [0.2, 0.25) is 11.8 Å². The predicted molar refractivity (Wildman–Crippen MR) is 116 cm³/mol. The quantitative estimate of drug-likeness (QED) is 0.744. The van der Waals surface area contributed by atoms with Crippen LogP contribution in [0.3, 0.4) is 0 Å². The van der Waals surface area contributed by atoms with Crippen LogP contribution in [0.2, 0.25) is 0 Å². The van der Waals surface area contributed by atoms with Gasteiger partial charge < -0.3 is 15.1 Å². The summed E-state index contributed by atoms with van der Waals surface area (Å²) in [6, 6.07) is 5.34. The molecule has 3 aliphatic rings. The normalized spacial score (nSPS) is 25.0. The summed E-state index contributed by atoms with van der Waals surface area (Å²) < 4.78 is 40.4. The fraction of sp³-hybridized carbons (Fsp3) is 0.625. The van der Waals surface area contributed by atoms with Gasteiger partial charge in [0.25, 0.3) is 0 Å². The first kappa shape index (κ1) is 23.4. The molecule has 1 aliphatic carbocycles. The van der Waals surface area contributed by atoms with E-state index in [0.29, 0.717) is 31.9 Å². The van der Waals surface area contributed by atoms with E-state index in [1.165, 1.54) is 12.1 Å². The Morgan fingerprint density at radius 2 is 1.85 bits per heavy atom. The molecule has 2 atom stereocenters. The van der Waals surface area contributed by atoms with Gasteiger partial charge in [0.15, 0.2) is 0 Å². The molecule has 1 aromatic carbocycles. The lowest BCUT2D eigenvalue weighted by Crippen LogP contribution is -2.45. The minimum Gasteiger partial charge on any atom is -0.370 e. The summed E-state index contributed by atoms with van der Waals surface area (Å²) in [6.45, 7) is 4.11. The van der Waals surface area contributed by atoms with Gasteiger partial charge >= 0.3 is 6.18 Å². The van der Waals surface area contributed by atoms with Crippen molar-refractivity contribution in [3.05, 3.63) is 29.3 Å². The fourth-order valence-corrected chi connectivity index (χ4v) is 5.35. The maximum absolute atomic E-state index is 13.5. The Kier molecular flexibility index (Phi) is 6.06. The average molecular weight is 463 g/mol. The second-order valence-corrected chi connectivity index (χ2v) is 9.82. The van der Waals surface area contributed by atoms with Gasteiger partial charge in [-0.05, 0) is 55.7 Å². The molecule has 1 aromatic rings. The fourth-order valence-electron chi connectivity index (χ4n) is 5.35. The molecule has 33 heavy (non-hydrogen) atoms. The number of carbonyl (C=O) groups excluding carboxylic acids is 2. The number of amides is 2. The van der Waals surface area contributed by atoms with Crippen LogP contribution in [-0.2, 0) is 15.8 Å². The standard InChI is InChI=1S/C24H29F3N4O2/c1-23(7-8-23)22(33)30-9-5-15(6-10-30)18-13-31(14-19(18)21(32)29-2)17-4-3-16(12-28)20(11-17)24(25,26)27/h3-4,11,15,18-19H,5-10,13-14H2,1-2H3,(H,29,32)/t18-,19+/m0/s1. The van der Waals surface area contributed by atoms with E-state index in [1.807, 2.05) is 16.7 Å². The number of halogens is 3. The van der Waals surface area contributed by atoms with Crippen LogP contribution >= 0.6 is 0 Å². The van der Waals surface area contributed by atoms with Gasteiger partial charge in [-0.25, -0.2) is 0 Å². The lowest BCUT2D eigenvalue weighted by Gasteiger charge is -2.37. The van der Waals surface area contributed by atoms with Crippen molar-refractivity contribution in [3.63, 3.8) is 0 Å². The highest BCUT2D eigenvalue weighted by molar-refractivity contribution is 5.85. The van der Waals surface area contributed by atoms with E-state index in [-0.39, 0.29) is 35.0 Å². The third kappa shape index (κ3) is 4.53. The summed E-state index contributed by atoms with van der Waals surface area (Å²) in [7, 11) is 1.57. The Bertz CT molecular complexity index is 975. The van der Waals surface area contributed by atoms with E-state index in [2.05, 4.69) is 5.32 Å². The van der Waals surface area contributed by atoms with Gasteiger partial charge in [0.05, 0.1) is 23.1 Å². The highest BCUT2D eigenvalue weighted by atomic mass is 19.4. The topological polar surface area (TPSA) is 76.4 Å². The van der Waals surface area contributed by atoms with Crippen molar-refractivity contribution in [2.24, 2.45) is 23.2 Å².